The first kappa shape index (κ1) is 9.77. The number of rotatable bonds is 0. The molecule has 2 atom stereocenters. The van der Waals surface area contributed by atoms with Crippen LogP contribution in [0.15, 0.2) is 0 Å². The van der Waals surface area contributed by atoms with E-state index in [0.717, 1.165) is 19.4 Å². The molecule has 1 rings (SSSR count). The van der Waals surface area contributed by atoms with Crippen molar-refractivity contribution < 1.29 is 4.74 Å². The Bertz CT molecular complexity index is 132. The van der Waals surface area contributed by atoms with Crippen LogP contribution in [-0.2, 0) is 4.74 Å². The summed E-state index contributed by atoms with van der Waals surface area (Å²) in [5.74, 6) is 2.53. The zero-order chi connectivity index (χ0) is 6.69. The molecule has 58 valence electrons. The Morgan fingerprint density at radius 1 is 1.60 bits per heavy atom. The maximum absolute atomic E-state index is 5.63. The molecule has 0 aliphatic carbocycles. The summed E-state index contributed by atoms with van der Waals surface area (Å²) in [6.45, 7) is 0.718. The van der Waals surface area contributed by atoms with Crippen molar-refractivity contribution in [1.29, 1.82) is 0 Å². The monoisotopic (exact) mass is 161 g/mol. The summed E-state index contributed by atoms with van der Waals surface area (Å²) >= 11 is 0. The van der Waals surface area contributed by atoms with E-state index < -0.39 is 0 Å². The molecular formula is C7H12ClNO. The van der Waals surface area contributed by atoms with Crippen LogP contribution in [0.2, 0.25) is 0 Å². The molecule has 0 radical (unpaired) electrons. The fourth-order valence-electron chi connectivity index (χ4n) is 0.939. The molecule has 3 heteroatoms. The number of halogens is 1. The molecule has 2 nitrogen and oxygen atoms in total. The van der Waals surface area contributed by atoms with Gasteiger partial charge in [0.15, 0.2) is 0 Å². The maximum Gasteiger partial charge on any atom is 0.119 e. The van der Waals surface area contributed by atoms with Gasteiger partial charge in [-0.25, -0.2) is 0 Å². The predicted molar refractivity (Wildman–Crippen MR) is 43.0 cm³/mol. The summed E-state index contributed by atoms with van der Waals surface area (Å²) < 4.78 is 5.18. The number of ether oxygens (including phenoxy) is 1. The molecule has 0 aromatic rings. The van der Waals surface area contributed by atoms with E-state index in [1.54, 1.807) is 0 Å². The van der Waals surface area contributed by atoms with E-state index in [-0.39, 0.29) is 24.6 Å². The van der Waals surface area contributed by atoms with Crippen molar-refractivity contribution in [3.8, 4) is 12.3 Å². The summed E-state index contributed by atoms with van der Waals surface area (Å²) in [5.41, 5.74) is 5.63. The zero-order valence-electron chi connectivity index (χ0n) is 5.75. The summed E-state index contributed by atoms with van der Waals surface area (Å²) in [6.07, 6.45) is 6.86. The van der Waals surface area contributed by atoms with Gasteiger partial charge in [0.25, 0.3) is 0 Å². The third-order valence-corrected chi connectivity index (χ3v) is 1.51. The van der Waals surface area contributed by atoms with Gasteiger partial charge in [-0.3, -0.25) is 0 Å². The average Bonchev–Trinajstić information content (AvgIpc) is 1.88. The minimum Gasteiger partial charge on any atom is -0.365 e. The van der Waals surface area contributed by atoms with E-state index >= 15 is 0 Å². The van der Waals surface area contributed by atoms with Crippen molar-refractivity contribution >= 4 is 12.4 Å². The van der Waals surface area contributed by atoms with Crippen LogP contribution < -0.4 is 5.73 Å². The van der Waals surface area contributed by atoms with E-state index in [2.05, 4.69) is 5.92 Å². The Hall–Kier alpha value is -0.230. The molecule has 2 unspecified atom stereocenters. The number of hydrogen-bond donors (Lipinski definition) is 1. The van der Waals surface area contributed by atoms with Crippen LogP contribution in [0, 0.1) is 12.3 Å². The van der Waals surface area contributed by atoms with Crippen molar-refractivity contribution in [2.75, 3.05) is 6.61 Å². The molecule has 0 bridgehead atoms. The van der Waals surface area contributed by atoms with Crippen molar-refractivity contribution in [1.82, 2.24) is 0 Å². The molecule has 1 aliphatic heterocycles. The SMILES string of the molecule is C#CC1CC(N)CCO1.Cl. The molecule has 1 saturated heterocycles. The van der Waals surface area contributed by atoms with Crippen molar-refractivity contribution in [2.24, 2.45) is 5.73 Å². The highest BCUT2D eigenvalue weighted by Gasteiger charge is 2.16. The van der Waals surface area contributed by atoms with Gasteiger partial charge in [0.05, 0.1) is 0 Å². The Morgan fingerprint density at radius 2 is 2.30 bits per heavy atom. The van der Waals surface area contributed by atoms with Crippen LogP contribution >= 0.6 is 12.4 Å². The van der Waals surface area contributed by atoms with E-state index in [1.165, 1.54) is 0 Å². The highest BCUT2D eigenvalue weighted by molar-refractivity contribution is 5.85. The van der Waals surface area contributed by atoms with Crippen molar-refractivity contribution in [2.45, 2.75) is 25.0 Å². The van der Waals surface area contributed by atoms with Crippen LogP contribution in [0.1, 0.15) is 12.8 Å². The average molecular weight is 162 g/mol. The second-order valence-electron chi connectivity index (χ2n) is 2.31. The van der Waals surface area contributed by atoms with Crippen LogP contribution in [-0.4, -0.2) is 18.8 Å². The highest BCUT2D eigenvalue weighted by atomic mass is 35.5. The molecule has 1 aliphatic rings. The zero-order valence-corrected chi connectivity index (χ0v) is 6.56. The van der Waals surface area contributed by atoms with Gasteiger partial charge in [-0.05, 0) is 6.42 Å². The molecule has 0 saturated carbocycles. The van der Waals surface area contributed by atoms with Gasteiger partial charge >= 0.3 is 0 Å². The first-order chi connectivity index (χ1) is 4.33. The molecule has 0 amide bonds. The third-order valence-electron chi connectivity index (χ3n) is 1.51. The predicted octanol–water partition coefficient (Wildman–Crippen LogP) is 0.548. The third kappa shape index (κ3) is 2.57. The van der Waals surface area contributed by atoms with Crippen LogP contribution in [0.4, 0.5) is 0 Å². The molecule has 2 N–H and O–H groups in total. The fourth-order valence-corrected chi connectivity index (χ4v) is 0.939. The minimum absolute atomic E-state index is 0. The van der Waals surface area contributed by atoms with Gasteiger partial charge in [-0.1, -0.05) is 5.92 Å². The lowest BCUT2D eigenvalue weighted by atomic mass is 10.1. The Kier molecular flexibility index (Phi) is 4.46. The smallest absolute Gasteiger partial charge is 0.119 e. The van der Waals surface area contributed by atoms with E-state index in [9.17, 15) is 0 Å². The quantitative estimate of drug-likeness (QED) is 0.527. The fraction of sp³-hybridized carbons (Fsp3) is 0.714. The van der Waals surface area contributed by atoms with Crippen LogP contribution in [0.5, 0.6) is 0 Å². The second kappa shape index (κ2) is 4.56. The summed E-state index contributed by atoms with van der Waals surface area (Å²) in [7, 11) is 0. The van der Waals surface area contributed by atoms with Crippen LogP contribution in [0.3, 0.4) is 0 Å². The Balaban J connectivity index is 0.000000810. The number of nitrogens with two attached hydrogens (primary N) is 1. The largest absolute Gasteiger partial charge is 0.365 e. The Morgan fingerprint density at radius 3 is 2.70 bits per heavy atom. The van der Waals surface area contributed by atoms with Crippen LogP contribution in [0.25, 0.3) is 0 Å². The van der Waals surface area contributed by atoms with E-state index in [1.807, 2.05) is 0 Å². The lowest BCUT2D eigenvalue weighted by molar-refractivity contribution is 0.0435. The minimum atomic E-state index is -0.0336. The molecule has 1 fully saturated rings. The normalized spacial score (nSPS) is 32.0. The molecule has 10 heavy (non-hydrogen) atoms. The topological polar surface area (TPSA) is 35.2 Å². The van der Waals surface area contributed by atoms with E-state index in [4.69, 9.17) is 16.9 Å². The summed E-state index contributed by atoms with van der Waals surface area (Å²) in [5, 5.41) is 0. The van der Waals surface area contributed by atoms with Gasteiger partial charge in [0, 0.05) is 19.1 Å². The number of terminal acetylenes is 1. The van der Waals surface area contributed by atoms with E-state index in [0.29, 0.717) is 0 Å². The van der Waals surface area contributed by atoms with Gasteiger partial charge < -0.3 is 10.5 Å². The lowest BCUT2D eigenvalue weighted by Gasteiger charge is -2.22. The lowest BCUT2D eigenvalue weighted by Crippen LogP contribution is -2.33. The molecule has 0 spiro atoms. The van der Waals surface area contributed by atoms with Crippen molar-refractivity contribution in [3.63, 3.8) is 0 Å². The molecular weight excluding hydrogens is 150 g/mol. The maximum atomic E-state index is 5.63. The van der Waals surface area contributed by atoms with Gasteiger partial charge in [0.1, 0.15) is 6.10 Å². The second-order valence-corrected chi connectivity index (χ2v) is 2.31. The van der Waals surface area contributed by atoms with Gasteiger partial charge in [-0.15, -0.1) is 18.8 Å². The van der Waals surface area contributed by atoms with Gasteiger partial charge in [0.2, 0.25) is 0 Å². The molecule has 1 heterocycles. The van der Waals surface area contributed by atoms with Crippen molar-refractivity contribution in [3.05, 3.63) is 0 Å². The first-order valence-electron chi connectivity index (χ1n) is 3.16. The standard InChI is InChI=1S/C7H11NO.ClH/c1-2-7-5-6(8)3-4-9-7;/h1,6-7H,3-5,8H2;1H. The molecule has 0 aromatic heterocycles. The first-order valence-corrected chi connectivity index (χ1v) is 3.16. The van der Waals surface area contributed by atoms with Gasteiger partial charge in [-0.2, -0.15) is 0 Å². The Labute approximate surface area is 67.5 Å². The summed E-state index contributed by atoms with van der Waals surface area (Å²) in [4.78, 5) is 0. The highest BCUT2D eigenvalue weighted by Crippen LogP contribution is 2.10. The molecule has 0 aromatic carbocycles. The number of hydrogen-bond acceptors (Lipinski definition) is 2. The summed E-state index contributed by atoms with van der Waals surface area (Å²) in [6, 6.07) is 0.250.